The highest BCUT2D eigenvalue weighted by atomic mass is 16.5. The minimum absolute atomic E-state index is 0.0240. The van der Waals surface area contributed by atoms with Crippen LogP contribution < -0.4 is 16.0 Å². The van der Waals surface area contributed by atoms with Crippen molar-refractivity contribution in [1.29, 1.82) is 0 Å². The molecule has 0 aromatic heterocycles. The molecule has 0 aliphatic heterocycles. The molecule has 0 heterocycles. The molecular weight excluding hydrogens is 827 g/mol. The number of aliphatic carboxylic acids is 2. The van der Waals surface area contributed by atoms with Crippen molar-refractivity contribution in [2.75, 3.05) is 65.9 Å². The topological polar surface area (TPSA) is 233 Å². The van der Waals surface area contributed by atoms with Gasteiger partial charge in [0, 0.05) is 51.3 Å². The maximum atomic E-state index is 11.8. The zero-order valence-corrected chi connectivity index (χ0v) is 40.3. The Labute approximate surface area is 385 Å². The smallest absolute Gasteiger partial charge is 0.326 e. The molecule has 2 atom stereocenters. The van der Waals surface area contributed by atoms with Gasteiger partial charge in [0.05, 0.1) is 33.0 Å². The second-order valence-electron chi connectivity index (χ2n) is 16.3. The molecule has 64 heavy (non-hydrogen) atoms. The number of nitrogens with one attached hydrogen (secondary N) is 3. The number of rotatable bonds is 46. The summed E-state index contributed by atoms with van der Waals surface area (Å²) in [5, 5.41) is 25.7. The summed E-state index contributed by atoms with van der Waals surface area (Å²) in [5.41, 5.74) is 0. The fraction of sp³-hybridized carbons (Fsp3) is 0.854. The maximum absolute atomic E-state index is 11.8. The number of Topliss-reactive ketones (excluding diaryl/α,β-unsaturated/α-hetero) is 2. The van der Waals surface area contributed by atoms with Crippen molar-refractivity contribution in [2.24, 2.45) is 5.92 Å². The van der Waals surface area contributed by atoms with Gasteiger partial charge in [-0.1, -0.05) is 111 Å². The van der Waals surface area contributed by atoms with Gasteiger partial charge in [0.2, 0.25) is 17.7 Å². The molecule has 0 saturated carbocycles. The van der Waals surface area contributed by atoms with Crippen LogP contribution in [-0.2, 0) is 52.5 Å². The predicted octanol–water partition coefficient (Wildman–Crippen LogP) is 7.51. The number of carbonyl (C=O) groups excluding carboxylic acids is 5. The predicted molar refractivity (Wildman–Crippen MR) is 248 cm³/mol. The van der Waals surface area contributed by atoms with E-state index in [4.69, 9.17) is 29.2 Å². The second-order valence-corrected chi connectivity index (χ2v) is 16.3. The molecule has 0 radical (unpaired) electrons. The van der Waals surface area contributed by atoms with E-state index in [1.807, 2.05) is 20.8 Å². The minimum atomic E-state index is -0.948. The lowest BCUT2D eigenvalue weighted by Gasteiger charge is -2.13. The summed E-state index contributed by atoms with van der Waals surface area (Å²) in [4.78, 5) is 79.1. The molecule has 0 spiro atoms. The van der Waals surface area contributed by atoms with E-state index in [0.717, 1.165) is 70.6 Å². The molecule has 5 N–H and O–H groups in total. The molecule has 0 fully saturated rings. The number of carbonyl (C=O) groups is 7. The Bertz CT molecular complexity index is 1200. The summed E-state index contributed by atoms with van der Waals surface area (Å²) in [6, 6.07) is -0.746. The van der Waals surface area contributed by atoms with Crippen LogP contribution in [0.3, 0.4) is 0 Å². The van der Waals surface area contributed by atoms with Crippen molar-refractivity contribution in [2.45, 2.75) is 194 Å². The molecule has 0 saturated heterocycles. The van der Waals surface area contributed by atoms with Gasteiger partial charge in [-0.05, 0) is 51.9 Å². The lowest BCUT2D eigenvalue weighted by molar-refractivity contribution is -0.142. The van der Waals surface area contributed by atoms with Gasteiger partial charge in [-0.25, -0.2) is 4.79 Å². The second kappa shape index (κ2) is 47.5. The molecule has 0 bridgehead atoms. The van der Waals surface area contributed by atoms with Crippen molar-refractivity contribution >= 4 is 41.2 Å². The third-order valence-electron chi connectivity index (χ3n) is 10.4. The third kappa shape index (κ3) is 46.5. The van der Waals surface area contributed by atoms with E-state index in [1.54, 1.807) is 6.92 Å². The Hall–Kier alpha value is -3.47. The first kappa shape index (κ1) is 62.6. The van der Waals surface area contributed by atoms with E-state index in [9.17, 15) is 33.6 Å². The number of amides is 3. The van der Waals surface area contributed by atoms with Crippen molar-refractivity contribution in [1.82, 2.24) is 16.0 Å². The molecule has 3 amide bonds. The molecule has 16 heteroatoms. The number of ether oxygens (including phenoxy) is 4. The van der Waals surface area contributed by atoms with Gasteiger partial charge in [-0.2, -0.15) is 0 Å². The minimum Gasteiger partial charge on any atom is -0.481 e. The highest BCUT2D eigenvalue weighted by Gasteiger charge is 2.18. The molecule has 374 valence electrons. The summed E-state index contributed by atoms with van der Waals surface area (Å²) >= 11 is 0. The molecule has 0 rings (SSSR count). The van der Waals surface area contributed by atoms with E-state index in [0.29, 0.717) is 90.4 Å². The van der Waals surface area contributed by atoms with Gasteiger partial charge in [0.15, 0.2) is 0 Å². The van der Waals surface area contributed by atoms with Crippen molar-refractivity contribution < 1.29 is 62.7 Å². The Morgan fingerprint density at radius 2 is 0.969 bits per heavy atom. The van der Waals surface area contributed by atoms with Gasteiger partial charge in [0.1, 0.15) is 30.8 Å². The first-order valence-corrected chi connectivity index (χ1v) is 24.5. The fourth-order valence-corrected chi connectivity index (χ4v) is 6.68. The van der Waals surface area contributed by atoms with Crippen LogP contribution in [0.5, 0.6) is 0 Å². The molecule has 0 unspecified atom stereocenters. The van der Waals surface area contributed by atoms with E-state index >= 15 is 0 Å². The average Bonchev–Trinajstić information content (AvgIpc) is 3.26. The largest absolute Gasteiger partial charge is 0.481 e. The highest BCUT2D eigenvalue weighted by Crippen LogP contribution is 2.16. The van der Waals surface area contributed by atoms with Crippen LogP contribution in [0.1, 0.15) is 188 Å². The number of hydrogen-bond donors (Lipinski definition) is 5. The number of hydrogen-bond acceptors (Lipinski definition) is 11. The highest BCUT2D eigenvalue weighted by molar-refractivity contribution is 5.83. The van der Waals surface area contributed by atoms with Crippen LogP contribution in [0, 0.1) is 5.92 Å². The normalized spacial score (nSPS) is 11.8. The Kier molecular flexibility index (Phi) is 46.5. The fourth-order valence-electron chi connectivity index (χ4n) is 6.68. The lowest BCUT2D eigenvalue weighted by Crippen LogP contribution is -2.40. The van der Waals surface area contributed by atoms with Crippen LogP contribution in [0.2, 0.25) is 0 Å². The zero-order valence-electron chi connectivity index (χ0n) is 40.3. The molecule has 0 aromatic rings. The van der Waals surface area contributed by atoms with Crippen LogP contribution in [0.4, 0.5) is 0 Å². The molecule has 0 aliphatic rings. The molecule has 0 aliphatic carbocycles. The third-order valence-corrected chi connectivity index (χ3v) is 10.4. The number of ketones is 2. The van der Waals surface area contributed by atoms with E-state index in [1.165, 1.54) is 51.4 Å². The number of carboxylic acids is 2. The van der Waals surface area contributed by atoms with Crippen molar-refractivity contribution in [3.8, 4) is 0 Å². The number of unbranched alkanes of at least 4 members (excludes halogenated alkanes) is 14. The maximum Gasteiger partial charge on any atom is 0.326 e. The van der Waals surface area contributed by atoms with Crippen LogP contribution in [0.15, 0.2) is 0 Å². The van der Waals surface area contributed by atoms with Crippen LogP contribution >= 0.6 is 0 Å². The quantitative estimate of drug-likeness (QED) is 0.0373. The Morgan fingerprint density at radius 3 is 1.44 bits per heavy atom. The standard InChI is InChI=1S/C25H46N2O8.C23H43NO5/c1-4-22(23(29)5-2)10-6-7-11-26-24(30)19-35-18-16-33-14-12-27-25(31)20-34-17-15-32-13-8-9-21(3)28;1-2-17-20(23(28)29)24-21(25)18-15-13-11-9-7-5-3-4-6-8-10-12-14-16-19-22(26)27/h22H,4-20H2,1-3H3,(H,26,30)(H,27,31);20H,2-19H2,1H3,(H,24,25)(H,26,27)(H,28,29)/t22-;20-/m00/s1. The summed E-state index contributed by atoms with van der Waals surface area (Å²) in [5.74, 6) is -1.58. The van der Waals surface area contributed by atoms with Crippen LogP contribution in [-0.4, -0.2) is 123 Å². The van der Waals surface area contributed by atoms with Gasteiger partial charge in [-0.3, -0.25) is 24.0 Å². The summed E-state index contributed by atoms with van der Waals surface area (Å²) in [6.07, 6.45) is 23.3. The molecule has 16 nitrogen and oxygen atoms in total. The SMILES string of the molecule is CCC(=O)[C@@H](CC)CCCCNC(=O)COCCOCCNC(=O)COCCOCCCC(C)=O.CCC[C@H](NC(=O)CCCCCCCCCCCCCCCCC(=O)O)C(=O)O. The first-order chi connectivity index (χ1) is 30.9. The molecular formula is C48H89N3O13. The van der Waals surface area contributed by atoms with E-state index < -0.39 is 18.0 Å². The lowest BCUT2D eigenvalue weighted by atomic mass is 9.93. The van der Waals surface area contributed by atoms with Crippen molar-refractivity contribution in [3.63, 3.8) is 0 Å². The summed E-state index contributed by atoms with van der Waals surface area (Å²) in [7, 11) is 0. The van der Waals surface area contributed by atoms with Gasteiger partial charge in [-0.15, -0.1) is 0 Å². The van der Waals surface area contributed by atoms with E-state index in [-0.39, 0.29) is 49.2 Å². The number of carboxylic acid groups (broad SMARTS) is 2. The van der Waals surface area contributed by atoms with Gasteiger partial charge in [0.25, 0.3) is 0 Å². The van der Waals surface area contributed by atoms with E-state index in [2.05, 4.69) is 16.0 Å². The Balaban J connectivity index is 0. The first-order valence-electron chi connectivity index (χ1n) is 24.5. The zero-order chi connectivity index (χ0) is 47.9. The summed E-state index contributed by atoms with van der Waals surface area (Å²) < 4.78 is 21.1. The van der Waals surface area contributed by atoms with Gasteiger partial charge >= 0.3 is 11.9 Å². The summed E-state index contributed by atoms with van der Waals surface area (Å²) in [6.45, 7) is 10.4. The van der Waals surface area contributed by atoms with Gasteiger partial charge < -0.3 is 49.9 Å². The monoisotopic (exact) mass is 916 g/mol. The molecule has 0 aromatic carbocycles. The van der Waals surface area contributed by atoms with Crippen molar-refractivity contribution in [3.05, 3.63) is 0 Å². The van der Waals surface area contributed by atoms with Crippen LogP contribution in [0.25, 0.3) is 0 Å². The Morgan fingerprint density at radius 1 is 0.484 bits per heavy atom. The average molecular weight is 916 g/mol.